The molecule has 2 aromatic rings. The number of rotatable bonds is 5. The number of hydrogen-bond donors (Lipinski definition) is 0. The molecule has 1 aliphatic carbocycles. The maximum atomic E-state index is 5.44. The fraction of sp³-hybridized carbons (Fsp3) is 0.556. The van der Waals surface area contributed by atoms with E-state index >= 15 is 0 Å². The molecule has 1 aromatic heterocycles. The lowest BCUT2D eigenvalue weighted by molar-refractivity contribution is 0.187. The van der Waals surface area contributed by atoms with Gasteiger partial charge in [-0.15, -0.1) is 0 Å². The Labute approximate surface area is 137 Å². The van der Waals surface area contributed by atoms with Gasteiger partial charge in [0.2, 0.25) is 11.7 Å². The van der Waals surface area contributed by atoms with Crippen molar-refractivity contribution in [3.05, 3.63) is 30.2 Å². The summed E-state index contributed by atoms with van der Waals surface area (Å²) in [5.41, 5.74) is 0.913. The van der Waals surface area contributed by atoms with E-state index in [1.165, 1.54) is 38.5 Å². The predicted molar refractivity (Wildman–Crippen MR) is 89.2 cm³/mol. The van der Waals surface area contributed by atoms with Crippen LogP contribution in [0.3, 0.4) is 0 Å². The van der Waals surface area contributed by atoms with Gasteiger partial charge in [0.25, 0.3) is 0 Å². The van der Waals surface area contributed by atoms with Crippen LogP contribution in [0.2, 0.25) is 0 Å². The highest BCUT2D eigenvalue weighted by molar-refractivity contribution is 5.56. The zero-order chi connectivity index (χ0) is 16.1. The number of benzene rings is 1. The zero-order valence-corrected chi connectivity index (χ0v) is 14.0. The summed E-state index contributed by atoms with van der Waals surface area (Å²) in [5.74, 6) is 2.09. The van der Waals surface area contributed by atoms with E-state index in [-0.39, 0.29) is 0 Å². The minimum absolute atomic E-state index is 0.619. The third-order valence-corrected chi connectivity index (χ3v) is 4.63. The summed E-state index contributed by atoms with van der Waals surface area (Å²) in [4.78, 5) is 6.89. The second-order valence-corrected chi connectivity index (χ2v) is 6.30. The quantitative estimate of drug-likeness (QED) is 0.783. The fourth-order valence-corrected chi connectivity index (χ4v) is 3.24. The maximum Gasteiger partial charge on any atom is 0.241 e. The molecule has 1 heterocycles. The van der Waals surface area contributed by atoms with Gasteiger partial charge in [-0.05, 0) is 32.0 Å². The summed E-state index contributed by atoms with van der Waals surface area (Å²) in [6.07, 6.45) is 7.93. The van der Waals surface area contributed by atoms with E-state index in [2.05, 4.69) is 22.1 Å². The lowest BCUT2D eigenvalue weighted by Gasteiger charge is -2.25. The number of methoxy groups -OCH3 is 1. The van der Waals surface area contributed by atoms with Crippen molar-refractivity contribution in [2.45, 2.75) is 51.1 Å². The summed E-state index contributed by atoms with van der Waals surface area (Å²) >= 11 is 0. The van der Waals surface area contributed by atoms with E-state index in [9.17, 15) is 0 Å². The van der Waals surface area contributed by atoms with Gasteiger partial charge in [0.15, 0.2) is 0 Å². The number of aromatic nitrogens is 2. The Morgan fingerprint density at radius 3 is 2.74 bits per heavy atom. The molecule has 0 radical (unpaired) electrons. The average molecular weight is 315 g/mol. The van der Waals surface area contributed by atoms with Gasteiger partial charge in [-0.3, -0.25) is 4.90 Å². The van der Waals surface area contributed by atoms with Gasteiger partial charge in [0.05, 0.1) is 13.7 Å². The molecule has 23 heavy (non-hydrogen) atoms. The van der Waals surface area contributed by atoms with E-state index in [1.807, 2.05) is 24.3 Å². The van der Waals surface area contributed by atoms with Crippen molar-refractivity contribution in [2.24, 2.45) is 0 Å². The third-order valence-electron chi connectivity index (χ3n) is 4.63. The van der Waals surface area contributed by atoms with E-state index in [0.717, 1.165) is 11.3 Å². The van der Waals surface area contributed by atoms with Crippen LogP contribution in [0.15, 0.2) is 28.8 Å². The molecule has 1 saturated carbocycles. The van der Waals surface area contributed by atoms with Crippen molar-refractivity contribution < 1.29 is 9.26 Å². The van der Waals surface area contributed by atoms with Crippen LogP contribution < -0.4 is 4.74 Å². The molecule has 5 nitrogen and oxygen atoms in total. The second kappa shape index (κ2) is 7.59. The molecule has 5 heteroatoms. The van der Waals surface area contributed by atoms with E-state index in [4.69, 9.17) is 9.26 Å². The summed E-state index contributed by atoms with van der Waals surface area (Å²) in [5, 5.41) is 4.11. The van der Waals surface area contributed by atoms with Crippen LogP contribution in [0.25, 0.3) is 11.4 Å². The van der Waals surface area contributed by atoms with E-state index in [1.54, 1.807) is 7.11 Å². The Bertz CT molecular complexity index is 618. The summed E-state index contributed by atoms with van der Waals surface area (Å²) in [6, 6.07) is 8.35. The Morgan fingerprint density at radius 1 is 1.22 bits per heavy atom. The van der Waals surface area contributed by atoms with Crippen molar-refractivity contribution in [1.29, 1.82) is 0 Å². The van der Waals surface area contributed by atoms with Crippen molar-refractivity contribution in [1.82, 2.24) is 15.0 Å². The van der Waals surface area contributed by atoms with Gasteiger partial charge in [-0.1, -0.05) is 43.0 Å². The van der Waals surface area contributed by atoms with Crippen LogP contribution in [0, 0.1) is 0 Å². The summed E-state index contributed by atoms with van der Waals surface area (Å²) in [6.45, 7) is 0.710. The molecule has 0 bridgehead atoms. The molecule has 124 valence electrons. The minimum Gasteiger partial charge on any atom is -0.497 e. The minimum atomic E-state index is 0.619. The maximum absolute atomic E-state index is 5.44. The molecule has 1 fully saturated rings. The van der Waals surface area contributed by atoms with Crippen LogP contribution in [0.1, 0.15) is 44.4 Å². The lowest BCUT2D eigenvalue weighted by atomic mass is 10.1. The van der Waals surface area contributed by atoms with Crippen LogP contribution >= 0.6 is 0 Å². The molecule has 0 spiro atoms. The largest absolute Gasteiger partial charge is 0.497 e. The van der Waals surface area contributed by atoms with Crippen LogP contribution in [0.4, 0.5) is 0 Å². The molecule has 0 amide bonds. The normalized spacial score (nSPS) is 16.5. The topological polar surface area (TPSA) is 51.4 Å². The molecule has 1 aliphatic rings. The predicted octanol–water partition coefficient (Wildman–Crippen LogP) is 3.90. The number of ether oxygens (including phenoxy) is 1. The zero-order valence-electron chi connectivity index (χ0n) is 14.0. The van der Waals surface area contributed by atoms with Gasteiger partial charge in [0.1, 0.15) is 5.75 Å². The van der Waals surface area contributed by atoms with Crippen molar-refractivity contribution in [3.63, 3.8) is 0 Å². The first-order valence-corrected chi connectivity index (χ1v) is 8.43. The molecule has 3 rings (SSSR count). The third kappa shape index (κ3) is 4.10. The van der Waals surface area contributed by atoms with Gasteiger partial charge < -0.3 is 9.26 Å². The van der Waals surface area contributed by atoms with Gasteiger partial charge in [0, 0.05) is 11.6 Å². The molecular weight excluding hydrogens is 290 g/mol. The first-order chi connectivity index (χ1) is 11.3. The molecule has 1 aromatic carbocycles. The van der Waals surface area contributed by atoms with Gasteiger partial charge in [-0.25, -0.2) is 0 Å². The van der Waals surface area contributed by atoms with Crippen LogP contribution in [-0.2, 0) is 6.54 Å². The first-order valence-electron chi connectivity index (χ1n) is 8.43. The SMILES string of the molecule is COc1cccc(-c2noc(CN(C)C3CCCCCC3)n2)c1. The fourth-order valence-electron chi connectivity index (χ4n) is 3.24. The Morgan fingerprint density at radius 2 is 2.00 bits per heavy atom. The molecule has 0 saturated heterocycles. The van der Waals surface area contributed by atoms with Gasteiger partial charge in [-0.2, -0.15) is 4.98 Å². The molecule has 0 atom stereocenters. The summed E-state index contributed by atoms with van der Waals surface area (Å²) in [7, 11) is 3.81. The second-order valence-electron chi connectivity index (χ2n) is 6.30. The van der Waals surface area contributed by atoms with E-state index in [0.29, 0.717) is 24.3 Å². The summed E-state index contributed by atoms with van der Waals surface area (Å²) < 4.78 is 10.7. The molecular formula is C18H25N3O2. The highest BCUT2D eigenvalue weighted by Crippen LogP contribution is 2.24. The van der Waals surface area contributed by atoms with Crippen molar-refractivity contribution in [3.8, 4) is 17.1 Å². The molecule has 0 unspecified atom stereocenters. The number of nitrogens with zero attached hydrogens (tertiary/aromatic N) is 3. The monoisotopic (exact) mass is 315 g/mol. The first kappa shape index (κ1) is 16.0. The van der Waals surface area contributed by atoms with Crippen molar-refractivity contribution >= 4 is 0 Å². The van der Waals surface area contributed by atoms with Crippen molar-refractivity contribution in [2.75, 3.05) is 14.2 Å². The Kier molecular flexibility index (Phi) is 5.28. The Balaban J connectivity index is 1.66. The molecule has 0 N–H and O–H groups in total. The van der Waals surface area contributed by atoms with Gasteiger partial charge >= 0.3 is 0 Å². The lowest BCUT2D eigenvalue weighted by Crippen LogP contribution is -2.30. The standard InChI is InChI=1S/C18H25N3O2/c1-21(15-9-5-3-4-6-10-15)13-17-19-18(20-23-17)14-8-7-11-16(12-14)22-2/h7-8,11-12,15H,3-6,9-10,13H2,1-2H3. The van der Waals surface area contributed by atoms with Crippen LogP contribution in [-0.4, -0.2) is 35.2 Å². The highest BCUT2D eigenvalue weighted by Gasteiger charge is 2.19. The van der Waals surface area contributed by atoms with E-state index < -0.39 is 0 Å². The van der Waals surface area contributed by atoms with Crippen LogP contribution in [0.5, 0.6) is 5.75 Å². The molecule has 0 aliphatic heterocycles. The Hall–Kier alpha value is -1.88. The number of hydrogen-bond acceptors (Lipinski definition) is 5. The average Bonchev–Trinajstić information content (AvgIpc) is 2.87. The smallest absolute Gasteiger partial charge is 0.241 e. The highest BCUT2D eigenvalue weighted by atomic mass is 16.5.